The summed E-state index contributed by atoms with van der Waals surface area (Å²) < 4.78 is 0. The smallest absolute Gasteiger partial charge is 0.319 e. The van der Waals surface area contributed by atoms with E-state index in [9.17, 15) is 4.79 Å². The Morgan fingerprint density at radius 3 is 2.31 bits per heavy atom. The molecule has 0 atom stereocenters. The molecule has 0 bridgehead atoms. The molecule has 1 saturated heterocycles. The molecule has 2 N–H and O–H groups in total. The summed E-state index contributed by atoms with van der Waals surface area (Å²) in [6, 6.07) is 21.3. The summed E-state index contributed by atoms with van der Waals surface area (Å²) in [5, 5.41) is 14.5. The van der Waals surface area contributed by atoms with Crippen molar-refractivity contribution in [2.45, 2.75) is 25.8 Å². The van der Waals surface area contributed by atoms with Gasteiger partial charge in [-0.3, -0.25) is 0 Å². The van der Waals surface area contributed by atoms with Crippen LogP contribution in [0.4, 0.5) is 16.3 Å². The molecular weight excluding hydrogens is 362 g/mol. The zero-order valence-electron chi connectivity index (χ0n) is 16.3. The van der Waals surface area contributed by atoms with Crippen LogP contribution < -0.4 is 15.5 Å². The van der Waals surface area contributed by atoms with Gasteiger partial charge in [-0.1, -0.05) is 42.5 Å². The second-order valence-electron chi connectivity index (χ2n) is 7.20. The van der Waals surface area contributed by atoms with Crippen LogP contribution in [0, 0.1) is 0 Å². The highest BCUT2D eigenvalue weighted by atomic mass is 16.2. The lowest BCUT2D eigenvalue weighted by Crippen LogP contribution is -2.30. The molecule has 2 aromatic carbocycles. The van der Waals surface area contributed by atoms with Gasteiger partial charge in [0, 0.05) is 30.9 Å². The van der Waals surface area contributed by atoms with Crippen LogP contribution >= 0.6 is 0 Å². The molecule has 1 aliphatic heterocycles. The number of piperidine rings is 1. The van der Waals surface area contributed by atoms with Crippen molar-refractivity contribution in [3.63, 3.8) is 0 Å². The number of amides is 2. The summed E-state index contributed by atoms with van der Waals surface area (Å²) in [4.78, 5) is 14.4. The second kappa shape index (κ2) is 9.19. The van der Waals surface area contributed by atoms with Crippen molar-refractivity contribution in [2.24, 2.45) is 0 Å². The van der Waals surface area contributed by atoms with Crippen LogP contribution in [-0.2, 0) is 6.54 Å². The van der Waals surface area contributed by atoms with Crippen molar-refractivity contribution in [3.8, 4) is 11.3 Å². The fourth-order valence-corrected chi connectivity index (χ4v) is 3.45. The predicted molar refractivity (Wildman–Crippen MR) is 116 cm³/mol. The van der Waals surface area contributed by atoms with Crippen molar-refractivity contribution >= 4 is 17.5 Å². The Kier molecular flexibility index (Phi) is 6.00. The largest absolute Gasteiger partial charge is 0.355 e. The molecule has 2 heterocycles. The summed E-state index contributed by atoms with van der Waals surface area (Å²) in [5.41, 5.74) is 3.59. The lowest BCUT2D eigenvalue weighted by atomic mass is 10.1. The number of carbonyl (C=O) groups excluding carboxylic acids is 1. The molecule has 0 unspecified atom stereocenters. The predicted octanol–water partition coefficient (Wildman–Crippen LogP) is 4.46. The number of anilines is 2. The number of carbonyl (C=O) groups is 1. The molecule has 0 spiro atoms. The number of hydrogen-bond acceptors (Lipinski definition) is 4. The van der Waals surface area contributed by atoms with E-state index in [-0.39, 0.29) is 6.03 Å². The van der Waals surface area contributed by atoms with Crippen molar-refractivity contribution in [1.29, 1.82) is 0 Å². The molecule has 1 fully saturated rings. The zero-order chi connectivity index (χ0) is 19.9. The van der Waals surface area contributed by atoms with Crippen molar-refractivity contribution in [1.82, 2.24) is 15.5 Å². The molecule has 4 rings (SSSR count). The summed E-state index contributed by atoms with van der Waals surface area (Å²) in [6.45, 7) is 2.60. The topological polar surface area (TPSA) is 70.2 Å². The van der Waals surface area contributed by atoms with Crippen LogP contribution in [-0.4, -0.2) is 29.3 Å². The van der Waals surface area contributed by atoms with Crippen LogP contribution in [0.5, 0.6) is 0 Å². The molecule has 0 saturated carbocycles. The summed E-state index contributed by atoms with van der Waals surface area (Å²) in [6.07, 6.45) is 3.74. The van der Waals surface area contributed by atoms with Gasteiger partial charge < -0.3 is 15.5 Å². The SMILES string of the molecule is O=C(NCc1ccccc1)Nc1ccc(-c2ccc(N3CCCCC3)nn2)cc1. The first-order chi connectivity index (χ1) is 14.3. The first-order valence-corrected chi connectivity index (χ1v) is 10.1. The third kappa shape index (κ3) is 5.10. The Morgan fingerprint density at radius 1 is 0.862 bits per heavy atom. The van der Waals surface area contributed by atoms with Crippen molar-refractivity contribution < 1.29 is 4.79 Å². The number of rotatable bonds is 5. The number of benzene rings is 2. The quantitative estimate of drug-likeness (QED) is 0.678. The monoisotopic (exact) mass is 387 g/mol. The normalized spacial score (nSPS) is 13.7. The Morgan fingerprint density at radius 2 is 1.62 bits per heavy atom. The molecule has 0 radical (unpaired) electrons. The van der Waals surface area contributed by atoms with E-state index in [4.69, 9.17) is 0 Å². The molecule has 1 aliphatic rings. The number of aromatic nitrogens is 2. The first kappa shape index (κ1) is 18.9. The average Bonchev–Trinajstić information content (AvgIpc) is 2.80. The number of urea groups is 1. The van der Waals surface area contributed by atoms with E-state index in [1.54, 1.807) is 0 Å². The first-order valence-electron chi connectivity index (χ1n) is 10.1. The standard InChI is InChI=1S/C23H25N5O/c29-23(24-17-18-7-3-1-4-8-18)25-20-11-9-19(10-12-20)21-13-14-22(27-26-21)28-15-5-2-6-16-28/h1,3-4,7-14H,2,5-6,15-17H2,(H2,24,25,29). The van der Waals surface area contributed by atoms with Crippen LogP contribution in [0.1, 0.15) is 24.8 Å². The number of nitrogens with zero attached hydrogens (tertiary/aromatic N) is 3. The van der Waals surface area contributed by atoms with Gasteiger partial charge in [-0.25, -0.2) is 4.79 Å². The van der Waals surface area contributed by atoms with Gasteiger partial charge in [0.1, 0.15) is 0 Å². The molecule has 29 heavy (non-hydrogen) atoms. The van der Waals surface area contributed by atoms with Gasteiger partial charge in [0.05, 0.1) is 5.69 Å². The summed E-state index contributed by atoms with van der Waals surface area (Å²) >= 11 is 0. The average molecular weight is 387 g/mol. The highest BCUT2D eigenvalue weighted by Crippen LogP contribution is 2.22. The maximum atomic E-state index is 12.1. The highest BCUT2D eigenvalue weighted by molar-refractivity contribution is 5.89. The van der Waals surface area contributed by atoms with E-state index in [1.807, 2.05) is 66.7 Å². The number of nitrogens with one attached hydrogen (secondary N) is 2. The fraction of sp³-hybridized carbons (Fsp3) is 0.261. The van der Waals surface area contributed by atoms with Gasteiger partial charge in [0.2, 0.25) is 0 Å². The van der Waals surface area contributed by atoms with E-state index < -0.39 is 0 Å². The van der Waals surface area contributed by atoms with Gasteiger partial charge >= 0.3 is 6.03 Å². The zero-order valence-corrected chi connectivity index (χ0v) is 16.3. The van der Waals surface area contributed by atoms with Crippen molar-refractivity contribution in [2.75, 3.05) is 23.3 Å². The Labute approximate surface area is 171 Å². The molecule has 6 nitrogen and oxygen atoms in total. The lowest BCUT2D eigenvalue weighted by molar-refractivity contribution is 0.251. The van der Waals surface area contributed by atoms with E-state index in [0.29, 0.717) is 6.54 Å². The summed E-state index contributed by atoms with van der Waals surface area (Å²) in [5.74, 6) is 0.946. The second-order valence-corrected chi connectivity index (χ2v) is 7.20. The van der Waals surface area contributed by atoms with Gasteiger partial charge in [-0.2, -0.15) is 0 Å². The van der Waals surface area contributed by atoms with E-state index in [1.165, 1.54) is 19.3 Å². The minimum atomic E-state index is -0.229. The summed E-state index contributed by atoms with van der Waals surface area (Å²) in [7, 11) is 0. The molecule has 3 aromatic rings. The van der Waals surface area contributed by atoms with Gasteiger partial charge in [0.25, 0.3) is 0 Å². The van der Waals surface area contributed by atoms with Gasteiger partial charge in [-0.05, 0) is 49.1 Å². The van der Waals surface area contributed by atoms with Crippen LogP contribution in [0.3, 0.4) is 0 Å². The maximum absolute atomic E-state index is 12.1. The Balaban J connectivity index is 1.33. The molecule has 2 amide bonds. The third-order valence-electron chi connectivity index (χ3n) is 5.06. The Hall–Kier alpha value is -3.41. The minimum absolute atomic E-state index is 0.229. The van der Waals surface area contributed by atoms with E-state index in [2.05, 4.69) is 25.7 Å². The van der Waals surface area contributed by atoms with Crippen LogP contribution in [0.15, 0.2) is 66.7 Å². The molecule has 6 heteroatoms. The fourth-order valence-electron chi connectivity index (χ4n) is 3.45. The van der Waals surface area contributed by atoms with Crippen molar-refractivity contribution in [3.05, 3.63) is 72.3 Å². The van der Waals surface area contributed by atoms with E-state index >= 15 is 0 Å². The molecule has 148 valence electrons. The van der Waals surface area contributed by atoms with Gasteiger partial charge in [-0.15, -0.1) is 10.2 Å². The molecule has 1 aromatic heterocycles. The maximum Gasteiger partial charge on any atom is 0.319 e. The molecule has 0 aliphatic carbocycles. The van der Waals surface area contributed by atoms with Crippen LogP contribution in [0.25, 0.3) is 11.3 Å². The minimum Gasteiger partial charge on any atom is -0.355 e. The lowest BCUT2D eigenvalue weighted by Gasteiger charge is -2.27. The van der Waals surface area contributed by atoms with Gasteiger partial charge in [0.15, 0.2) is 5.82 Å². The highest BCUT2D eigenvalue weighted by Gasteiger charge is 2.12. The van der Waals surface area contributed by atoms with E-state index in [0.717, 1.165) is 41.4 Å². The van der Waals surface area contributed by atoms with Crippen LogP contribution in [0.2, 0.25) is 0 Å². The Bertz CT molecular complexity index is 920. The third-order valence-corrected chi connectivity index (χ3v) is 5.06. The molecular formula is C23H25N5O. The number of hydrogen-bond donors (Lipinski definition) is 2.